The van der Waals surface area contributed by atoms with Gasteiger partial charge in [0.2, 0.25) is 0 Å². The highest BCUT2D eigenvalue weighted by Crippen LogP contribution is 2.32. The van der Waals surface area contributed by atoms with E-state index in [-0.39, 0.29) is 6.04 Å². The predicted octanol–water partition coefficient (Wildman–Crippen LogP) is 4.29. The summed E-state index contributed by atoms with van der Waals surface area (Å²) in [4.78, 5) is 0. The highest BCUT2D eigenvalue weighted by Gasteiger charge is 2.15. The quantitative estimate of drug-likeness (QED) is 0.772. The Hall–Kier alpha value is -2.32. The van der Waals surface area contributed by atoms with Crippen LogP contribution >= 0.6 is 0 Å². The largest absolute Gasteiger partial charge is 0.494 e. The molecule has 3 aromatic carbocycles. The number of ether oxygens (including phenoxy) is 1. The molecular weight excluding hydrogens is 258 g/mol. The minimum atomic E-state index is -0.196. The third-order valence-electron chi connectivity index (χ3n) is 3.71. The molecular formula is C19H19NO. The fourth-order valence-corrected chi connectivity index (χ4v) is 2.71. The Morgan fingerprint density at radius 1 is 0.857 bits per heavy atom. The molecule has 21 heavy (non-hydrogen) atoms. The Morgan fingerprint density at radius 3 is 2.38 bits per heavy atom. The van der Waals surface area contributed by atoms with Gasteiger partial charge in [-0.15, -0.1) is 0 Å². The second-order valence-electron chi connectivity index (χ2n) is 5.02. The van der Waals surface area contributed by atoms with E-state index in [1.807, 2.05) is 43.3 Å². The first kappa shape index (κ1) is 13.7. The topological polar surface area (TPSA) is 35.2 Å². The number of rotatable bonds is 4. The van der Waals surface area contributed by atoms with Crippen molar-refractivity contribution in [3.05, 3.63) is 77.9 Å². The maximum absolute atomic E-state index is 6.53. The van der Waals surface area contributed by atoms with Crippen LogP contribution in [0, 0.1) is 0 Å². The van der Waals surface area contributed by atoms with Crippen LogP contribution in [0.1, 0.15) is 24.1 Å². The molecule has 2 nitrogen and oxygen atoms in total. The fourth-order valence-electron chi connectivity index (χ4n) is 2.71. The Kier molecular flexibility index (Phi) is 3.89. The van der Waals surface area contributed by atoms with Crippen LogP contribution in [0.15, 0.2) is 66.7 Å². The summed E-state index contributed by atoms with van der Waals surface area (Å²) in [7, 11) is 0. The van der Waals surface area contributed by atoms with Gasteiger partial charge in [0.05, 0.1) is 12.6 Å². The highest BCUT2D eigenvalue weighted by atomic mass is 16.5. The number of hydrogen-bond acceptors (Lipinski definition) is 2. The SMILES string of the molecule is CCOc1ccccc1C(N)c1cccc2ccccc12. The lowest BCUT2D eigenvalue weighted by molar-refractivity contribution is 0.335. The molecule has 0 aliphatic carbocycles. The molecule has 3 aromatic rings. The molecule has 106 valence electrons. The molecule has 0 aliphatic rings. The summed E-state index contributed by atoms with van der Waals surface area (Å²) in [5, 5.41) is 2.40. The number of para-hydroxylation sites is 1. The number of benzene rings is 3. The summed E-state index contributed by atoms with van der Waals surface area (Å²) >= 11 is 0. The molecule has 1 unspecified atom stereocenters. The maximum Gasteiger partial charge on any atom is 0.124 e. The van der Waals surface area contributed by atoms with E-state index in [2.05, 4.69) is 30.3 Å². The molecule has 0 saturated heterocycles. The average Bonchev–Trinajstić information content (AvgIpc) is 2.54. The Balaban J connectivity index is 2.11. The van der Waals surface area contributed by atoms with Crippen molar-refractivity contribution >= 4 is 10.8 Å². The Morgan fingerprint density at radius 2 is 1.52 bits per heavy atom. The van der Waals surface area contributed by atoms with Gasteiger partial charge < -0.3 is 10.5 Å². The van der Waals surface area contributed by atoms with Gasteiger partial charge in [-0.25, -0.2) is 0 Å². The van der Waals surface area contributed by atoms with Gasteiger partial charge in [0, 0.05) is 5.56 Å². The van der Waals surface area contributed by atoms with E-state index in [1.165, 1.54) is 10.8 Å². The summed E-state index contributed by atoms with van der Waals surface area (Å²) in [6.45, 7) is 2.62. The van der Waals surface area contributed by atoms with Crippen molar-refractivity contribution < 1.29 is 4.74 Å². The second-order valence-corrected chi connectivity index (χ2v) is 5.02. The first-order valence-corrected chi connectivity index (χ1v) is 7.26. The molecule has 3 rings (SSSR count). The molecule has 0 saturated carbocycles. The Labute approximate surface area is 125 Å². The standard InChI is InChI=1S/C19H19NO/c1-2-21-18-13-6-5-11-17(18)19(20)16-12-7-9-14-8-3-4-10-15(14)16/h3-13,19H,2,20H2,1H3. The van der Waals surface area contributed by atoms with E-state index in [0.717, 1.165) is 16.9 Å². The molecule has 0 radical (unpaired) electrons. The zero-order valence-corrected chi connectivity index (χ0v) is 12.1. The maximum atomic E-state index is 6.53. The van der Waals surface area contributed by atoms with Crippen LogP contribution in [0.4, 0.5) is 0 Å². The van der Waals surface area contributed by atoms with Gasteiger partial charge >= 0.3 is 0 Å². The van der Waals surface area contributed by atoms with Crippen molar-refractivity contribution in [1.29, 1.82) is 0 Å². The first-order chi connectivity index (χ1) is 10.3. The third-order valence-corrected chi connectivity index (χ3v) is 3.71. The molecule has 2 N–H and O–H groups in total. The van der Waals surface area contributed by atoms with Crippen LogP contribution in [0.5, 0.6) is 5.75 Å². The van der Waals surface area contributed by atoms with Crippen molar-refractivity contribution in [2.45, 2.75) is 13.0 Å². The number of hydrogen-bond donors (Lipinski definition) is 1. The molecule has 2 heteroatoms. The van der Waals surface area contributed by atoms with Gasteiger partial charge in [-0.3, -0.25) is 0 Å². The van der Waals surface area contributed by atoms with Crippen LogP contribution in [-0.2, 0) is 0 Å². The summed E-state index contributed by atoms with van der Waals surface area (Å²) in [5.41, 5.74) is 8.68. The first-order valence-electron chi connectivity index (χ1n) is 7.26. The summed E-state index contributed by atoms with van der Waals surface area (Å²) in [6.07, 6.45) is 0. The van der Waals surface area contributed by atoms with Gasteiger partial charge in [0.1, 0.15) is 5.75 Å². The molecule has 0 heterocycles. The van der Waals surface area contributed by atoms with Crippen molar-refractivity contribution in [3.63, 3.8) is 0 Å². The van der Waals surface area contributed by atoms with Crippen molar-refractivity contribution in [1.82, 2.24) is 0 Å². The van der Waals surface area contributed by atoms with Crippen molar-refractivity contribution in [2.75, 3.05) is 6.61 Å². The van der Waals surface area contributed by atoms with Crippen LogP contribution in [0.2, 0.25) is 0 Å². The summed E-state index contributed by atoms with van der Waals surface area (Å²) < 4.78 is 5.71. The normalized spacial score (nSPS) is 12.3. The predicted molar refractivity (Wildman–Crippen MR) is 87.6 cm³/mol. The van der Waals surface area contributed by atoms with Gasteiger partial charge in [-0.2, -0.15) is 0 Å². The fraction of sp³-hybridized carbons (Fsp3) is 0.158. The Bertz CT molecular complexity index is 746. The van der Waals surface area contributed by atoms with Crippen LogP contribution in [-0.4, -0.2) is 6.61 Å². The number of fused-ring (bicyclic) bond motifs is 1. The van der Waals surface area contributed by atoms with E-state index in [0.29, 0.717) is 6.61 Å². The third kappa shape index (κ3) is 2.63. The van der Waals surface area contributed by atoms with E-state index < -0.39 is 0 Å². The molecule has 0 bridgehead atoms. The van der Waals surface area contributed by atoms with Crippen molar-refractivity contribution in [3.8, 4) is 5.75 Å². The van der Waals surface area contributed by atoms with E-state index in [4.69, 9.17) is 10.5 Å². The van der Waals surface area contributed by atoms with Crippen molar-refractivity contribution in [2.24, 2.45) is 5.73 Å². The zero-order chi connectivity index (χ0) is 14.7. The van der Waals surface area contributed by atoms with E-state index >= 15 is 0 Å². The lowest BCUT2D eigenvalue weighted by Crippen LogP contribution is -2.14. The molecule has 1 atom stereocenters. The second kappa shape index (κ2) is 5.98. The van der Waals surface area contributed by atoms with Crippen LogP contribution in [0.3, 0.4) is 0 Å². The molecule has 0 fully saturated rings. The average molecular weight is 277 g/mol. The zero-order valence-electron chi connectivity index (χ0n) is 12.1. The van der Waals surface area contributed by atoms with Crippen LogP contribution in [0.25, 0.3) is 10.8 Å². The minimum absolute atomic E-state index is 0.196. The monoisotopic (exact) mass is 277 g/mol. The smallest absolute Gasteiger partial charge is 0.124 e. The summed E-state index contributed by atoms with van der Waals surface area (Å²) in [5.74, 6) is 0.862. The lowest BCUT2D eigenvalue weighted by atomic mass is 9.94. The minimum Gasteiger partial charge on any atom is -0.494 e. The lowest BCUT2D eigenvalue weighted by Gasteiger charge is -2.18. The molecule has 0 amide bonds. The van der Waals surface area contributed by atoms with Gasteiger partial charge in [-0.05, 0) is 29.3 Å². The molecule has 0 spiro atoms. The number of nitrogens with two attached hydrogens (primary N) is 1. The van der Waals surface area contributed by atoms with E-state index in [9.17, 15) is 0 Å². The van der Waals surface area contributed by atoms with Gasteiger partial charge in [0.15, 0.2) is 0 Å². The van der Waals surface area contributed by atoms with Gasteiger partial charge in [-0.1, -0.05) is 60.7 Å². The van der Waals surface area contributed by atoms with E-state index in [1.54, 1.807) is 0 Å². The van der Waals surface area contributed by atoms with Gasteiger partial charge in [0.25, 0.3) is 0 Å². The molecule has 0 aromatic heterocycles. The highest BCUT2D eigenvalue weighted by molar-refractivity contribution is 5.86. The molecule has 0 aliphatic heterocycles. The summed E-state index contributed by atoms with van der Waals surface area (Å²) in [6, 6.07) is 22.4. The van der Waals surface area contributed by atoms with Crippen LogP contribution < -0.4 is 10.5 Å².